The molecule has 1 unspecified atom stereocenters. The molecule has 1 aromatic heterocycles. The van der Waals surface area contributed by atoms with Gasteiger partial charge in [-0.25, -0.2) is 0 Å². The molecule has 16 heavy (non-hydrogen) atoms. The number of amides is 1. The average Bonchev–Trinajstić information content (AvgIpc) is 2.78. The molecule has 0 spiro atoms. The van der Waals surface area contributed by atoms with E-state index >= 15 is 0 Å². The van der Waals surface area contributed by atoms with E-state index in [0.717, 1.165) is 0 Å². The van der Waals surface area contributed by atoms with E-state index in [1.54, 1.807) is 30.1 Å². The van der Waals surface area contributed by atoms with Crippen molar-refractivity contribution in [1.29, 1.82) is 0 Å². The molecule has 1 rings (SSSR count). The van der Waals surface area contributed by atoms with Crippen molar-refractivity contribution in [2.24, 2.45) is 5.41 Å². The van der Waals surface area contributed by atoms with Crippen LogP contribution in [0.1, 0.15) is 26.8 Å². The minimum atomic E-state index is -0.329. The number of aromatic nitrogens is 2. The Balaban J connectivity index is 2.47. The molecule has 0 bridgehead atoms. The van der Waals surface area contributed by atoms with E-state index < -0.39 is 0 Å². The minimum absolute atomic E-state index is 0.0451. The van der Waals surface area contributed by atoms with Gasteiger partial charge in [-0.05, 0) is 13.0 Å². The third-order valence-electron chi connectivity index (χ3n) is 2.47. The first-order valence-electron chi connectivity index (χ1n) is 5.34. The topological polar surface area (TPSA) is 67.2 Å². The fourth-order valence-corrected chi connectivity index (χ4v) is 1.16. The van der Waals surface area contributed by atoms with Crippen LogP contribution in [0.5, 0.6) is 0 Å². The fourth-order valence-electron chi connectivity index (χ4n) is 1.16. The number of nitrogens with one attached hydrogen (secondary N) is 1. The van der Waals surface area contributed by atoms with Crippen LogP contribution in [0.15, 0.2) is 18.5 Å². The molecule has 0 saturated heterocycles. The van der Waals surface area contributed by atoms with Gasteiger partial charge in [-0.15, -0.1) is 0 Å². The van der Waals surface area contributed by atoms with E-state index in [4.69, 9.17) is 5.11 Å². The van der Waals surface area contributed by atoms with Gasteiger partial charge in [0.2, 0.25) is 5.91 Å². The zero-order valence-corrected chi connectivity index (χ0v) is 9.97. The highest BCUT2D eigenvalue weighted by Gasteiger charge is 2.20. The van der Waals surface area contributed by atoms with Gasteiger partial charge < -0.3 is 10.4 Å². The quantitative estimate of drug-likeness (QED) is 0.770. The van der Waals surface area contributed by atoms with E-state index in [2.05, 4.69) is 10.4 Å². The molecule has 0 radical (unpaired) electrons. The summed E-state index contributed by atoms with van der Waals surface area (Å²) in [6.07, 6.45) is 3.39. The summed E-state index contributed by atoms with van der Waals surface area (Å²) in [5, 5.41) is 15.9. The van der Waals surface area contributed by atoms with Crippen LogP contribution in [0.25, 0.3) is 0 Å². The molecule has 1 atom stereocenters. The van der Waals surface area contributed by atoms with Gasteiger partial charge in [0.25, 0.3) is 0 Å². The molecule has 0 aliphatic rings. The van der Waals surface area contributed by atoms with Crippen molar-refractivity contribution in [3.8, 4) is 0 Å². The summed E-state index contributed by atoms with van der Waals surface area (Å²) >= 11 is 0. The molecule has 5 nitrogen and oxygen atoms in total. The average molecular weight is 225 g/mol. The van der Waals surface area contributed by atoms with Crippen LogP contribution in [-0.4, -0.2) is 33.9 Å². The Kier molecular flexibility index (Phi) is 4.06. The van der Waals surface area contributed by atoms with Crippen LogP contribution in [0, 0.1) is 5.41 Å². The molecular formula is C11H19N3O2. The zero-order chi connectivity index (χ0) is 12.2. The van der Waals surface area contributed by atoms with Crippen LogP contribution < -0.4 is 5.32 Å². The van der Waals surface area contributed by atoms with Crippen molar-refractivity contribution >= 4 is 5.91 Å². The summed E-state index contributed by atoms with van der Waals surface area (Å²) in [7, 11) is 0. The third-order valence-corrected chi connectivity index (χ3v) is 2.47. The highest BCUT2D eigenvalue weighted by molar-refractivity contribution is 5.79. The van der Waals surface area contributed by atoms with Gasteiger partial charge in [-0.3, -0.25) is 9.48 Å². The molecule has 0 aliphatic carbocycles. The van der Waals surface area contributed by atoms with Crippen LogP contribution in [0.3, 0.4) is 0 Å². The lowest BCUT2D eigenvalue weighted by molar-refractivity contribution is -0.124. The van der Waals surface area contributed by atoms with Gasteiger partial charge in [0, 0.05) is 31.0 Å². The summed E-state index contributed by atoms with van der Waals surface area (Å²) in [6, 6.07) is 1.45. The summed E-state index contributed by atoms with van der Waals surface area (Å²) in [6.45, 7) is 6.07. The first-order valence-corrected chi connectivity index (χ1v) is 5.34. The number of carbonyl (C=O) groups excluding carboxylic acids is 1. The molecule has 5 heteroatoms. The van der Waals surface area contributed by atoms with Gasteiger partial charge in [0.05, 0.1) is 0 Å². The number of aliphatic hydroxyl groups excluding tert-OH is 1. The maximum absolute atomic E-state index is 11.8. The normalized spacial score (nSPS) is 13.5. The van der Waals surface area contributed by atoms with Crippen molar-refractivity contribution < 1.29 is 9.90 Å². The highest BCUT2D eigenvalue weighted by Crippen LogP contribution is 2.12. The molecule has 1 aromatic rings. The number of rotatable bonds is 5. The second kappa shape index (κ2) is 5.12. The molecule has 2 N–H and O–H groups in total. The summed E-state index contributed by atoms with van der Waals surface area (Å²) < 4.78 is 1.60. The lowest BCUT2D eigenvalue weighted by Crippen LogP contribution is -2.39. The first-order chi connectivity index (χ1) is 7.46. The fraction of sp³-hybridized carbons (Fsp3) is 0.636. The maximum Gasteiger partial charge on any atom is 0.244 e. The Labute approximate surface area is 95.5 Å². The Morgan fingerprint density at radius 1 is 1.62 bits per heavy atom. The molecule has 0 saturated carbocycles. The minimum Gasteiger partial charge on any atom is -0.396 e. The van der Waals surface area contributed by atoms with E-state index in [1.807, 2.05) is 13.8 Å². The Hall–Kier alpha value is -1.36. The summed E-state index contributed by atoms with van der Waals surface area (Å²) in [5.41, 5.74) is -0.292. The van der Waals surface area contributed by atoms with E-state index in [-0.39, 0.29) is 24.0 Å². The van der Waals surface area contributed by atoms with Gasteiger partial charge in [-0.1, -0.05) is 13.8 Å². The molecule has 0 aliphatic heterocycles. The van der Waals surface area contributed by atoms with Gasteiger partial charge >= 0.3 is 0 Å². The predicted molar refractivity (Wildman–Crippen MR) is 60.8 cm³/mol. The van der Waals surface area contributed by atoms with Gasteiger partial charge in [-0.2, -0.15) is 5.10 Å². The van der Waals surface area contributed by atoms with Crippen LogP contribution >= 0.6 is 0 Å². The van der Waals surface area contributed by atoms with E-state index in [1.165, 1.54) is 0 Å². The summed E-state index contributed by atoms with van der Waals surface area (Å²) in [4.78, 5) is 11.8. The molecular weight excluding hydrogens is 206 g/mol. The second-order valence-corrected chi connectivity index (χ2v) is 4.70. The Morgan fingerprint density at radius 2 is 2.31 bits per heavy atom. The molecule has 1 amide bonds. The molecule has 90 valence electrons. The van der Waals surface area contributed by atoms with Crippen molar-refractivity contribution in [3.05, 3.63) is 18.5 Å². The van der Waals surface area contributed by atoms with Gasteiger partial charge in [0.15, 0.2) is 0 Å². The largest absolute Gasteiger partial charge is 0.396 e. The molecule has 0 aromatic carbocycles. The SMILES string of the molecule is CC(C(=O)NCC(C)(C)CO)n1cccn1. The highest BCUT2D eigenvalue weighted by atomic mass is 16.3. The second-order valence-electron chi connectivity index (χ2n) is 4.70. The lowest BCUT2D eigenvalue weighted by Gasteiger charge is -2.23. The van der Waals surface area contributed by atoms with Gasteiger partial charge in [0.1, 0.15) is 6.04 Å². The monoisotopic (exact) mass is 225 g/mol. The maximum atomic E-state index is 11.8. The number of hydrogen-bond donors (Lipinski definition) is 2. The molecule has 1 heterocycles. The van der Waals surface area contributed by atoms with Crippen LogP contribution in [-0.2, 0) is 4.79 Å². The first kappa shape index (κ1) is 12.7. The smallest absolute Gasteiger partial charge is 0.244 e. The van der Waals surface area contributed by atoms with Crippen molar-refractivity contribution in [1.82, 2.24) is 15.1 Å². The number of nitrogens with zero attached hydrogens (tertiary/aromatic N) is 2. The Morgan fingerprint density at radius 3 is 2.81 bits per heavy atom. The number of aliphatic hydroxyl groups is 1. The molecule has 0 fully saturated rings. The van der Waals surface area contributed by atoms with E-state index in [0.29, 0.717) is 6.54 Å². The number of hydrogen-bond acceptors (Lipinski definition) is 3. The third kappa shape index (κ3) is 3.34. The van der Waals surface area contributed by atoms with Crippen LogP contribution in [0.4, 0.5) is 0 Å². The number of carbonyl (C=O) groups is 1. The van der Waals surface area contributed by atoms with E-state index in [9.17, 15) is 4.79 Å². The van der Waals surface area contributed by atoms with Crippen molar-refractivity contribution in [2.75, 3.05) is 13.2 Å². The zero-order valence-electron chi connectivity index (χ0n) is 9.97. The van der Waals surface area contributed by atoms with Crippen molar-refractivity contribution in [2.45, 2.75) is 26.8 Å². The predicted octanol–water partition coefficient (Wildman–Crippen LogP) is 0.579. The lowest BCUT2D eigenvalue weighted by atomic mass is 9.95. The Bertz CT molecular complexity index is 333. The summed E-state index contributed by atoms with van der Waals surface area (Å²) in [5.74, 6) is -0.0924. The standard InChI is InChI=1S/C11H19N3O2/c1-9(14-6-4-5-13-14)10(16)12-7-11(2,3)8-15/h4-6,9,15H,7-8H2,1-3H3,(H,12,16). The van der Waals surface area contributed by atoms with Crippen LogP contribution in [0.2, 0.25) is 0 Å². The van der Waals surface area contributed by atoms with Crippen molar-refractivity contribution in [3.63, 3.8) is 0 Å².